The summed E-state index contributed by atoms with van der Waals surface area (Å²) in [5, 5.41) is 3.17. The Balaban J connectivity index is 1.89. The molecule has 2 saturated heterocycles. The van der Waals surface area contributed by atoms with Gasteiger partial charge in [0.05, 0.1) is 0 Å². The zero-order valence-corrected chi connectivity index (χ0v) is 7.50. The Kier molecular flexibility index (Phi) is 1.26. The van der Waals surface area contributed by atoms with E-state index in [-0.39, 0.29) is 0 Å². The first-order chi connectivity index (χ1) is 5.86. The first-order valence-corrected chi connectivity index (χ1v) is 5.16. The maximum Gasteiger partial charge on any atom is 0.185 e. The third-order valence-electron chi connectivity index (χ3n) is 3.03. The van der Waals surface area contributed by atoms with Gasteiger partial charge < -0.3 is 10.6 Å². The number of hydrogen-bond acceptors (Lipinski definition) is 4. The average molecular weight is 181 g/mol. The molecule has 1 aromatic heterocycles. The first-order valence-electron chi connectivity index (χ1n) is 4.28. The van der Waals surface area contributed by atoms with E-state index in [0.29, 0.717) is 12.1 Å². The van der Waals surface area contributed by atoms with E-state index < -0.39 is 0 Å². The lowest BCUT2D eigenvalue weighted by molar-refractivity contribution is 0.311. The van der Waals surface area contributed by atoms with Crippen LogP contribution in [0.15, 0.2) is 11.6 Å². The third kappa shape index (κ3) is 0.716. The molecule has 12 heavy (non-hydrogen) atoms. The second-order valence-electron chi connectivity index (χ2n) is 3.61. The van der Waals surface area contributed by atoms with Crippen molar-refractivity contribution in [3.63, 3.8) is 0 Å². The maximum atomic E-state index is 5.96. The minimum absolute atomic E-state index is 0.411. The van der Waals surface area contributed by atoms with Crippen LogP contribution in [0.25, 0.3) is 0 Å². The summed E-state index contributed by atoms with van der Waals surface area (Å²) in [6.07, 6.45) is 3.14. The second kappa shape index (κ2) is 2.20. The van der Waals surface area contributed by atoms with E-state index >= 15 is 0 Å². The standard InChI is InChI=1S/C8H11N3S/c9-7-5-3-6(7)11(4-5)8-10-1-2-12-8/h1-2,5-7H,3-4,9H2. The molecule has 3 aliphatic rings. The molecule has 0 amide bonds. The van der Waals surface area contributed by atoms with Crippen molar-refractivity contribution in [2.45, 2.75) is 18.5 Å². The summed E-state index contributed by atoms with van der Waals surface area (Å²) in [5.41, 5.74) is 5.96. The monoisotopic (exact) mass is 181 g/mol. The third-order valence-corrected chi connectivity index (χ3v) is 3.84. The normalized spacial score (nSPS) is 38.4. The lowest BCUT2D eigenvalue weighted by Crippen LogP contribution is -2.49. The van der Waals surface area contributed by atoms with Gasteiger partial charge in [0.25, 0.3) is 0 Å². The van der Waals surface area contributed by atoms with E-state index in [9.17, 15) is 0 Å². The van der Waals surface area contributed by atoms with Crippen LogP contribution in [-0.4, -0.2) is 23.6 Å². The molecule has 1 saturated carbocycles. The van der Waals surface area contributed by atoms with Gasteiger partial charge in [-0.25, -0.2) is 4.98 Å². The molecule has 0 spiro atoms. The fourth-order valence-electron chi connectivity index (χ4n) is 2.24. The number of aromatic nitrogens is 1. The highest BCUT2D eigenvalue weighted by Gasteiger charge is 2.50. The smallest absolute Gasteiger partial charge is 0.185 e. The Morgan fingerprint density at radius 1 is 1.67 bits per heavy atom. The van der Waals surface area contributed by atoms with Crippen LogP contribution < -0.4 is 10.6 Å². The summed E-state index contributed by atoms with van der Waals surface area (Å²) in [6.45, 7) is 1.12. The van der Waals surface area contributed by atoms with Crippen LogP contribution in [0.2, 0.25) is 0 Å². The Morgan fingerprint density at radius 2 is 2.58 bits per heavy atom. The predicted octanol–water partition coefficient (Wildman–Crippen LogP) is 0.679. The highest BCUT2D eigenvalue weighted by Crippen LogP contribution is 2.42. The lowest BCUT2D eigenvalue weighted by atomic mass is 9.81. The summed E-state index contributed by atoms with van der Waals surface area (Å²) in [5.74, 6) is 0.735. The van der Waals surface area contributed by atoms with Crippen LogP contribution >= 0.6 is 11.3 Å². The van der Waals surface area contributed by atoms with Crippen LogP contribution in [0.1, 0.15) is 6.42 Å². The van der Waals surface area contributed by atoms with Crippen molar-refractivity contribution in [2.24, 2.45) is 11.7 Å². The number of thiazole rings is 1. The quantitative estimate of drug-likeness (QED) is 0.692. The molecule has 4 rings (SSSR count). The minimum atomic E-state index is 0.411. The van der Waals surface area contributed by atoms with Crippen LogP contribution in [0, 0.1) is 5.92 Å². The van der Waals surface area contributed by atoms with Crippen LogP contribution in [0.3, 0.4) is 0 Å². The van der Waals surface area contributed by atoms with Crippen molar-refractivity contribution in [1.82, 2.24) is 4.98 Å². The molecule has 0 aromatic carbocycles. The van der Waals surface area contributed by atoms with Crippen molar-refractivity contribution in [3.05, 3.63) is 11.6 Å². The van der Waals surface area contributed by atoms with Crippen molar-refractivity contribution in [2.75, 3.05) is 11.4 Å². The van der Waals surface area contributed by atoms with Crippen molar-refractivity contribution in [1.29, 1.82) is 0 Å². The van der Waals surface area contributed by atoms with E-state index in [1.165, 1.54) is 6.42 Å². The lowest BCUT2D eigenvalue weighted by Gasteiger charge is -2.33. The molecule has 2 bridgehead atoms. The van der Waals surface area contributed by atoms with Gasteiger partial charge in [-0.1, -0.05) is 0 Å². The van der Waals surface area contributed by atoms with E-state index in [4.69, 9.17) is 5.73 Å². The van der Waals surface area contributed by atoms with Crippen molar-refractivity contribution >= 4 is 16.5 Å². The van der Waals surface area contributed by atoms with Gasteiger partial charge in [0.1, 0.15) is 0 Å². The van der Waals surface area contributed by atoms with E-state index in [0.717, 1.165) is 17.6 Å². The molecular weight excluding hydrogens is 170 g/mol. The molecule has 0 radical (unpaired) electrons. The summed E-state index contributed by atoms with van der Waals surface area (Å²) < 4.78 is 0. The Morgan fingerprint density at radius 3 is 3.08 bits per heavy atom. The molecule has 3 atom stereocenters. The first kappa shape index (κ1) is 6.86. The highest BCUT2D eigenvalue weighted by molar-refractivity contribution is 7.13. The topological polar surface area (TPSA) is 42.1 Å². The molecule has 3 nitrogen and oxygen atoms in total. The summed E-state index contributed by atoms with van der Waals surface area (Å²) >= 11 is 1.71. The molecule has 64 valence electrons. The van der Waals surface area contributed by atoms with E-state index in [2.05, 4.69) is 9.88 Å². The molecule has 2 aliphatic heterocycles. The SMILES string of the molecule is NC1C2CC1N(c1nccs1)C2. The van der Waals surface area contributed by atoms with Crippen LogP contribution in [0.5, 0.6) is 0 Å². The maximum absolute atomic E-state index is 5.96. The van der Waals surface area contributed by atoms with Gasteiger partial charge >= 0.3 is 0 Å². The summed E-state index contributed by atoms with van der Waals surface area (Å²) in [4.78, 5) is 6.66. The van der Waals surface area contributed by atoms with Gasteiger partial charge in [0, 0.05) is 30.2 Å². The second-order valence-corrected chi connectivity index (χ2v) is 4.48. The number of hydrogen-bond donors (Lipinski definition) is 1. The molecule has 3 fully saturated rings. The number of nitrogens with two attached hydrogens (primary N) is 1. The van der Waals surface area contributed by atoms with Crippen LogP contribution in [0.4, 0.5) is 5.13 Å². The Labute approximate surface area is 75.2 Å². The highest BCUT2D eigenvalue weighted by atomic mass is 32.1. The van der Waals surface area contributed by atoms with Gasteiger partial charge in [-0.2, -0.15) is 0 Å². The fraction of sp³-hybridized carbons (Fsp3) is 0.625. The molecule has 2 N–H and O–H groups in total. The van der Waals surface area contributed by atoms with Crippen LogP contribution in [-0.2, 0) is 0 Å². The van der Waals surface area contributed by atoms with Gasteiger partial charge in [-0.3, -0.25) is 0 Å². The molecular formula is C8H11N3S. The zero-order valence-electron chi connectivity index (χ0n) is 6.68. The molecule has 3 unspecified atom stereocenters. The van der Waals surface area contributed by atoms with Gasteiger partial charge in [0.15, 0.2) is 5.13 Å². The number of rotatable bonds is 1. The molecule has 1 aromatic rings. The van der Waals surface area contributed by atoms with Gasteiger partial charge in [-0.15, -0.1) is 11.3 Å². The molecule has 4 heteroatoms. The summed E-state index contributed by atoms with van der Waals surface area (Å²) in [6, 6.07) is 0.995. The van der Waals surface area contributed by atoms with Crippen molar-refractivity contribution in [3.8, 4) is 0 Å². The summed E-state index contributed by atoms with van der Waals surface area (Å²) in [7, 11) is 0. The largest absolute Gasteiger partial charge is 0.343 e. The predicted molar refractivity (Wildman–Crippen MR) is 49.3 cm³/mol. The molecule has 1 aliphatic carbocycles. The Hall–Kier alpha value is -0.610. The van der Waals surface area contributed by atoms with Crippen molar-refractivity contribution < 1.29 is 0 Å². The number of fused-ring (bicyclic) bond motifs is 1. The fourth-order valence-corrected chi connectivity index (χ4v) is 2.95. The van der Waals surface area contributed by atoms with E-state index in [1.54, 1.807) is 11.3 Å². The zero-order chi connectivity index (χ0) is 8.13. The van der Waals surface area contributed by atoms with Gasteiger partial charge in [0.2, 0.25) is 0 Å². The van der Waals surface area contributed by atoms with E-state index in [1.807, 2.05) is 11.6 Å². The Bertz CT molecular complexity index is 285. The number of nitrogens with zero attached hydrogens (tertiary/aromatic N) is 2. The molecule has 3 heterocycles. The average Bonchev–Trinajstić information content (AvgIpc) is 2.75. The van der Waals surface area contributed by atoms with Gasteiger partial charge in [-0.05, 0) is 12.3 Å². The minimum Gasteiger partial charge on any atom is -0.343 e. The number of anilines is 1.